The molecule has 0 aliphatic heterocycles. The lowest BCUT2D eigenvalue weighted by molar-refractivity contribution is -0.692. The van der Waals surface area contributed by atoms with Crippen molar-refractivity contribution in [1.82, 2.24) is 0 Å². The van der Waals surface area contributed by atoms with E-state index in [0.717, 1.165) is 13.0 Å². The molecule has 23 heavy (non-hydrogen) atoms. The number of rotatable bonds is 4. The average Bonchev–Trinajstić information content (AvgIpc) is 2.58. The molecule has 0 unspecified atom stereocenters. The van der Waals surface area contributed by atoms with Gasteiger partial charge in [0.1, 0.15) is 6.54 Å². The van der Waals surface area contributed by atoms with E-state index in [1.54, 1.807) is 0 Å². The van der Waals surface area contributed by atoms with E-state index in [1.165, 1.54) is 33.6 Å². The largest absolute Gasteiger partial charge is 0.212 e. The van der Waals surface area contributed by atoms with E-state index in [0.29, 0.717) is 0 Å². The lowest BCUT2D eigenvalue weighted by Gasteiger charge is -2.10. The van der Waals surface area contributed by atoms with E-state index in [1.807, 2.05) is 0 Å². The van der Waals surface area contributed by atoms with Crippen molar-refractivity contribution in [3.8, 4) is 22.4 Å². The summed E-state index contributed by atoms with van der Waals surface area (Å²) in [5.74, 6) is 0. The first kappa shape index (κ1) is 15.5. The van der Waals surface area contributed by atoms with Gasteiger partial charge in [0.05, 0.1) is 0 Å². The summed E-state index contributed by atoms with van der Waals surface area (Å²) in [6, 6.07) is 23.9. The molecular formula is C22H24N+. The summed E-state index contributed by atoms with van der Waals surface area (Å²) in [5.41, 5.74) is 7.82. The zero-order chi connectivity index (χ0) is 16.2. The fourth-order valence-electron chi connectivity index (χ4n) is 3.17. The van der Waals surface area contributed by atoms with Crippen LogP contribution in [-0.2, 0) is 6.54 Å². The van der Waals surface area contributed by atoms with Gasteiger partial charge >= 0.3 is 0 Å². The third-order valence-corrected chi connectivity index (χ3v) is 4.36. The third-order valence-electron chi connectivity index (χ3n) is 4.36. The van der Waals surface area contributed by atoms with Crippen molar-refractivity contribution in [2.75, 3.05) is 0 Å². The molecule has 0 fully saturated rings. The van der Waals surface area contributed by atoms with Crippen LogP contribution < -0.4 is 4.57 Å². The van der Waals surface area contributed by atoms with Gasteiger partial charge in [0.15, 0.2) is 5.69 Å². The van der Waals surface area contributed by atoms with Gasteiger partial charge in [-0.15, -0.1) is 0 Å². The number of aryl methyl sites for hydroxylation is 2. The Morgan fingerprint density at radius 3 is 2.26 bits per heavy atom. The summed E-state index contributed by atoms with van der Waals surface area (Å²) in [6.45, 7) is 7.68. The van der Waals surface area contributed by atoms with Gasteiger partial charge in [-0.2, -0.15) is 4.57 Å². The van der Waals surface area contributed by atoms with Crippen molar-refractivity contribution in [2.24, 2.45) is 0 Å². The van der Waals surface area contributed by atoms with E-state index in [-0.39, 0.29) is 0 Å². The Labute approximate surface area is 139 Å². The molecule has 0 aliphatic carbocycles. The summed E-state index contributed by atoms with van der Waals surface area (Å²) >= 11 is 0. The minimum Gasteiger partial charge on any atom is -0.196 e. The number of benzene rings is 2. The number of hydrogen-bond donors (Lipinski definition) is 0. The van der Waals surface area contributed by atoms with Crippen molar-refractivity contribution in [1.29, 1.82) is 0 Å². The zero-order valence-corrected chi connectivity index (χ0v) is 14.2. The Morgan fingerprint density at radius 2 is 1.57 bits per heavy atom. The predicted octanol–water partition coefficient (Wildman–Crippen LogP) is 5.33. The second-order valence-corrected chi connectivity index (χ2v) is 6.10. The number of aromatic nitrogens is 1. The van der Waals surface area contributed by atoms with Gasteiger partial charge in [-0.25, -0.2) is 0 Å². The van der Waals surface area contributed by atoms with Crippen LogP contribution in [0, 0.1) is 13.8 Å². The minimum atomic E-state index is 1.06. The van der Waals surface area contributed by atoms with Gasteiger partial charge in [-0.3, -0.25) is 0 Å². The first-order chi connectivity index (χ1) is 11.2. The quantitative estimate of drug-likeness (QED) is 0.573. The van der Waals surface area contributed by atoms with Gasteiger partial charge in [-0.05, 0) is 35.7 Å². The molecule has 0 aliphatic rings. The van der Waals surface area contributed by atoms with Crippen LogP contribution in [0.3, 0.4) is 0 Å². The van der Waals surface area contributed by atoms with Crippen molar-refractivity contribution in [3.05, 3.63) is 78.0 Å². The smallest absolute Gasteiger partial charge is 0.196 e. The molecule has 1 aromatic heterocycles. The summed E-state index contributed by atoms with van der Waals surface area (Å²) in [7, 11) is 0. The lowest BCUT2D eigenvalue weighted by Crippen LogP contribution is -2.39. The maximum absolute atomic E-state index is 2.42. The highest BCUT2D eigenvalue weighted by Gasteiger charge is 2.16. The van der Waals surface area contributed by atoms with Crippen LogP contribution in [0.2, 0.25) is 0 Å². The molecular weight excluding hydrogens is 278 g/mol. The summed E-state index contributed by atoms with van der Waals surface area (Å²) in [5, 5.41) is 0. The second-order valence-electron chi connectivity index (χ2n) is 6.10. The Morgan fingerprint density at radius 1 is 0.783 bits per heavy atom. The maximum Gasteiger partial charge on any atom is 0.212 e. The molecule has 1 heteroatoms. The highest BCUT2D eigenvalue weighted by Crippen LogP contribution is 2.27. The van der Waals surface area contributed by atoms with Gasteiger partial charge in [-0.1, -0.05) is 49.4 Å². The molecule has 0 spiro atoms. The van der Waals surface area contributed by atoms with E-state index in [2.05, 4.69) is 92.1 Å². The minimum absolute atomic E-state index is 1.06. The predicted molar refractivity (Wildman–Crippen MR) is 97.3 cm³/mol. The molecule has 3 aromatic rings. The van der Waals surface area contributed by atoms with Gasteiger partial charge in [0, 0.05) is 31.0 Å². The molecule has 0 atom stereocenters. The maximum atomic E-state index is 2.42. The molecule has 2 aromatic carbocycles. The van der Waals surface area contributed by atoms with Gasteiger partial charge in [0.2, 0.25) is 5.69 Å². The highest BCUT2D eigenvalue weighted by atomic mass is 15.0. The van der Waals surface area contributed by atoms with Crippen LogP contribution in [0.15, 0.2) is 66.7 Å². The van der Waals surface area contributed by atoms with E-state index in [4.69, 9.17) is 0 Å². The monoisotopic (exact) mass is 302 g/mol. The standard InChI is InChI=1S/C22H24N/c1-4-15-23-18(3)9-8-12-22(23)21-14-13-20(16-17(21)2)19-10-6-5-7-11-19/h5-14,16H,4,15H2,1-3H3/q+1. The molecule has 1 nitrogen and oxygen atoms in total. The molecule has 0 N–H and O–H groups in total. The van der Waals surface area contributed by atoms with Crippen LogP contribution in [-0.4, -0.2) is 0 Å². The number of pyridine rings is 1. The molecule has 0 saturated heterocycles. The van der Waals surface area contributed by atoms with Crippen molar-refractivity contribution in [3.63, 3.8) is 0 Å². The van der Waals surface area contributed by atoms with Crippen LogP contribution >= 0.6 is 0 Å². The molecule has 1 heterocycles. The van der Waals surface area contributed by atoms with Gasteiger partial charge < -0.3 is 0 Å². The topological polar surface area (TPSA) is 3.88 Å². The zero-order valence-electron chi connectivity index (χ0n) is 14.2. The van der Waals surface area contributed by atoms with Crippen LogP contribution in [0.4, 0.5) is 0 Å². The fourth-order valence-corrected chi connectivity index (χ4v) is 3.17. The summed E-state index contributed by atoms with van der Waals surface area (Å²) < 4.78 is 2.42. The Hall–Kier alpha value is -2.41. The van der Waals surface area contributed by atoms with Gasteiger partial charge in [0.25, 0.3) is 0 Å². The summed E-state index contributed by atoms with van der Waals surface area (Å²) in [6.07, 6.45) is 1.14. The molecule has 0 bridgehead atoms. The molecule has 0 radical (unpaired) electrons. The van der Waals surface area contributed by atoms with Crippen LogP contribution in [0.1, 0.15) is 24.6 Å². The first-order valence-corrected chi connectivity index (χ1v) is 8.36. The second kappa shape index (κ2) is 6.78. The fraction of sp³-hybridized carbons (Fsp3) is 0.227. The molecule has 3 rings (SSSR count). The number of nitrogens with zero attached hydrogens (tertiary/aromatic N) is 1. The Kier molecular flexibility index (Phi) is 4.57. The first-order valence-electron chi connectivity index (χ1n) is 8.36. The van der Waals surface area contributed by atoms with E-state index >= 15 is 0 Å². The normalized spacial score (nSPS) is 10.7. The van der Waals surface area contributed by atoms with Crippen molar-refractivity contribution < 1.29 is 4.57 Å². The van der Waals surface area contributed by atoms with E-state index in [9.17, 15) is 0 Å². The summed E-state index contributed by atoms with van der Waals surface area (Å²) in [4.78, 5) is 0. The SMILES string of the molecule is CCC[n+]1c(C)cccc1-c1ccc(-c2ccccc2)cc1C. The molecule has 116 valence electrons. The van der Waals surface area contributed by atoms with Crippen molar-refractivity contribution in [2.45, 2.75) is 33.7 Å². The Balaban J connectivity index is 2.07. The lowest BCUT2D eigenvalue weighted by atomic mass is 9.97. The average molecular weight is 302 g/mol. The van der Waals surface area contributed by atoms with Crippen molar-refractivity contribution >= 4 is 0 Å². The third kappa shape index (κ3) is 3.19. The molecule has 0 saturated carbocycles. The van der Waals surface area contributed by atoms with E-state index < -0.39 is 0 Å². The molecule has 0 amide bonds. The highest BCUT2D eigenvalue weighted by molar-refractivity contribution is 5.70. The van der Waals surface area contributed by atoms with Crippen LogP contribution in [0.25, 0.3) is 22.4 Å². The number of hydrogen-bond acceptors (Lipinski definition) is 0. The van der Waals surface area contributed by atoms with Crippen LogP contribution in [0.5, 0.6) is 0 Å². The Bertz CT molecular complexity index is 803.